The molecule has 0 bridgehead atoms. The highest BCUT2D eigenvalue weighted by Gasteiger charge is 2.36. The molecule has 2 aromatic carbocycles. The van der Waals surface area contributed by atoms with Gasteiger partial charge in [-0.05, 0) is 42.0 Å². The average Bonchev–Trinajstić information content (AvgIpc) is 2.81. The summed E-state index contributed by atoms with van der Waals surface area (Å²) in [6, 6.07) is 16.4. The zero-order valence-electron chi connectivity index (χ0n) is 18.6. The molecule has 1 heterocycles. The van der Waals surface area contributed by atoms with Crippen molar-refractivity contribution in [1.29, 1.82) is 5.26 Å². The monoisotopic (exact) mass is 486 g/mol. The second kappa shape index (κ2) is 10.6. The number of hydrogen-bond acceptors (Lipinski definition) is 4. The van der Waals surface area contributed by atoms with Crippen LogP contribution in [0.4, 0.5) is 18.9 Å². The Morgan fingerprint density at radius 1 is 1.12 bits per heavy atom. The van der Waals surface area contributed by atoms with Gasteiger partial charge in [0.05, 0.1) is 17.2 Å². The first-order chi connectivity index (χ1) is 16.1. The van der Waals surface area contributed by atoms with Gasteiger partial charge in [-0.3, -0.25) is 9.78 Å². The van der Waals surface area contributed by atoms with Crippen molar-refractivity contribution >= 4 is 23.2 Å². The Kier molecular flexibility index (Phi) is 7.79. The zero-order chi connectivity index (χ0) is 24.9. The van der Waals surface area contributed by atoms with E-state index in [9.17, 15) is 23.2 Å². The van der Waals surface area contributed by atoms with E-state index in [0.717, 1.165) is 12.1 Å². The Labute approximate surface area is 201 Å². The summed E-state index contributed by atoms with van der Waals surface area (Å²) in [6.45, 7) is 0.0694. The van der Waals surface area contributed by atoms with Gasteiger partial charge in [0.15, 0.2) is 0 Å². The molecule has 3 rings (SSSR count). The van der Waals surface area contributed by atoms with Gasteiger partial charge < -0.3 is 9.80 Å². The van der Waals surface area contributed by atoms with Crippen LogP contribution in [0.2, 0.25) is 5.02 Å². The SMILES string of the molecule is CN(C)C(=O)C(Cc1ccccn1)N(Cc1ccccc1Cl)c1ccc(C#N)c(C(F)(F)F)c1. The molecule has 5 nitrogen and oxygen atoms in total. The Morgan fingerprint density at radius 2 is 1.82 bits per heavy atom. The van der Waals surface area contributed by atoms with E-state index in [4.69, 9.17) is 11.6 Å². The highest BCUT2D eigenvalue weighted by Crippen LogP contribution is 2.36. The lowest BCUT2D eigenvalue weighted by Gasteiger charge is -2.35. The molecule has 0 radical (unpaired) electrons. The van der Waals surface area contributed by atoms with Crippen LogP contribution in [0.1, 0.15) is 22.4 Å². The molecule has 1 aromatic heterocycles. The first-order valence-corrected chi connectivity index (χ1v) is 10.7. The molecule has 0 fully saturated rings. The molecule has 0 aliphatic heterocycles. The van der Waals surface area contributed by atoms with Gasteiger partial charge in [-0.15, -0.1) is 0 Å². The summed E-state index contributed by atoms with van der Waals surface area (Å²) in [5.74, 6) is -0.310. The molecule has 0 N–H and O–H groups in total. The molecule has 3 aromatic rings. The largest absolute Gasteiger partial charge is 0.417 e. The summed E-state index contributed by atoms with van der Waals surface area (Å²) in [5.41, 5.74) is -0.168. The van der Waals surface area contributed by atoms with Gasteiger partial charge in [0.1, 0.15) is 6.04 Å². The van der Waals surface area contributed by atoms with E-state index in [1.54, 1.807) is 73.7 Å². The fourth-order valence-corrected chi connectivity index (χ4v) is 3.78. The van der Waals surface area contributed by atoms with Gasteiger partial charge in [-0.1, -0.05) is 35.9 Å². The third-order valence-corrected chi connectivity index (χ3v) is 5.66. The van der Waals surface area contributed by atoms with Crippen molar-refractivity contribution in [2.75, 3.05) is 19.0 Å². The lowest BCUT2D eigenvalue weighted by molar-refractivity contribution is -0.137. The summed E-state index contributed by atoms with van der Waals surface area (Å²) >= 11 is 6.36. The minimum absolute atomic E-state index is 0.0694. The number of pyridine rings is 1. The molecule has 0 aliphatic carbocycles. The van der Waals surface area contributed by atoms with E-state index in [-0.39, 0.29) is 24.6 Å². The number of alkyl halides is 3. The molecular weight excluding hydrogens is 465 g/mol. The molecule has 0 spiro atoms. The number of likely N-dealkylation sites (N-methyl/N-ethyl adjacent to an activating group) is 1. The van der Waals surface area contributed by atoms with Gasteiger partial charge in [0, 0.05) is 49.7 Å². The molecule has 0 aliphatic rings. The summed E-state index contributed by atoms with van der Waals surface area (Å²) in [5, 5.41) is 9.62. The molecule has 34 heavy (non-hydrogen) atoms. The maximum atomic E-state index is 13.7. The summed E-state index contributed by atoms with van der Waals surface area (Å²) in [4.78, 5) is 20.6. The van der Waals surface area contributed by atoms with Gasteiger partial charge in [-0.2, -0.15) is 18.4 Å². The van der Waals surface area contributed by atoms with Crippen LogP contribution in [0.3, 0.4) is 0 Å². The number of carbonyl (C=O) groups excluding carboxylic acids is 1. The minimum Gasteiger partial charge on any atom is -0.355 e. The highest BCUT2D eigenvalue weighted by molar-refractivity contribution is 6.31. The number of halogens is 4. The lowest BCUT2D eigenvalue weighted by atomic mass is 10.0. The van der Waals surface area contributed by atoms with Crippen molar-refractivity contribution in [3.05, 3.63) is 94.3 Å². The zero-order valence-corrected chi connectivity index (χ0v) is 19.3. The predicted molar refractivity (Wildman–Crippen MR) is 124 cm³/mol. The van der Waals surface area contributed by atoms with Gasteiger partial charge >= 0.3 is 6.18 Å². The van der Waals surface area contributed by atoms with Crippen LogP contribution >= 0.6 is 11.6 Å². The summed E-state index contributed by atoms with van der Waals surface area (Å²) in [6.07, 6.45) is -2.99. The standard InChI is InChI=1S/C25H22ClF3N4O/c1-32(2)24(34)23(13-19-8-5-6-12-31-19)33(16-18-7-3-4-9-22(18)26)20-11-10-17(15-30)21(14-20)25(27,28)29/h3-12,14,23H,13,16H2,1-2H3. The predicted octanol–water partition coefficient (Wildman–Crippen LogP) is 5.33. The Bertz CT molecular complexity index is 1190. The first kappa shape index (κ1) is 25.1. The van der Waals surface area contributed by atoms with Crippen LogP contribution in [-0.4, -0.2) is 35.9 Å². The van der Waals surface area contributed by atoms with E-state index in [1.165, 1.54) is 11.0 Å². The third-order valence-electron chi connectivity index (χ3n) is 5.29. The van der Waals surface area contributed by atoms with E-state index in [1.807, 2.05) is 0 Å². The normalized spacial score (nSPS) is 12.0. The van der Waals surface area contributed by atoms with Gasteiger partial charge in [0.2, 0.25) is 5.91 Å². The third kappa shape index (κ3) is 5.86. The molecule has 1 unspecified atom stereocenters. The van der Waals surface area contributed by atoms with Crippen molar-refractivity contribution in [3.8, 4) is 6.07 Å². The second-order valence-electron chi connectivity index (χ2n) is 7.83. The lowest BCUT2D eigenvalue weighted by Crippen LogP contribution is -2.48. The van der Waals surface area contributed by atoms with E-state index >= 15 is 0 Å². The number of hydrogen-bond donors (Lipinski definition) is 0. The molecule has 9 heteroatoms. The van der Waals surface area contributed by atoms with Crippen LogP contribution < -0.4 is 4.90 Å². The molecular formula is C25H22ClF3N4O. The Balaban J connectivity index is 2.18. The van der Waals surface area contributed by atoms with Crippen molar-refractivity contribution < 1.29 is 18.0 Å². The smallest absolute Gasteiger partial charge is 0.355 e. The van der Waals surface area contributed by atoms with E-state index in [0.29, 0.717) is 16.3 Å². The number of amides is 1. The van der Waals surface area contributed by atoms with E-state index < -0.39 is 23.3 Å². The number of anilines is 1. The number of benzene rings is 2. The van der Waals surface area contributed by atoms with Crippen LogP contribution in [0.25, 0.3) is 0 Å². The number of aromatic nitrogens is 1. The molecule has 1 atom stereocenters. The van der Waals surface area contributed by atoms with Crippen molar-refractivity contribution in [1.82, 2.24) is 9.88 Å². The topological polar surface area (TPSA) is 60.2 Å². The summed E-state index contributed by atoms with van der Waals surface area (Å²) in [7, 11) is 3.17. The minimum atomic E-state index is -4.74. The second-order valence-corrected chi connectivity index (χ2v) is 8.24. The fraction of sp³-hybridized carbons (Fsp3) is 0.240. The number of rotatable bonds is 7. The quantitative estimate of drug-likeness (QED) is 0.453. The number of carbonyl (C=O) groups is 1. The summed E-state index contributed by atoms with van der Waals surface area (Å²) < 4.78 is 41.2. The molecule has 0 saturated heterocycles. The number of nitriles is 1. The molecule has 1 amide bonds. The maximum absolute atomic E-state index is 13.7. The number of nitrogens with zero attached hydrogens (tertiary/aromatic N) is 4. The van der Waals surface area contributed by atoms with Crippen molar-refractivity contribution in [2.24, 2.45) is 0 Å². The molecule has 176 valence electrons. The van der Waals surface area contributed by atoms with Crippen molar-refractivity contribution in [3.63, 3.8) is 0 Å². The van der Waals surface area contributed by atoms with Crippen molar-refractivity contribution in [2.45, 2.75) is 25.2 Å². The van der Waals surface area contributed by atoms with Gasteiger partial charge in [0.25, 0.3) is 0 Å². The molecule has 0 saturated carbocycles. The average molecular weight is 487 g/mol. The first-order valence-electron chi connectivity index (χ1n) is 10.3. The van der Waals surface area contributed by atoms with Gasteiger partial charge in [-0.25, -0.2) is 0 Å². The Morgan fingerprint density at radius 3 is 2.41 bits per heavy atom. The fourth-order valence-electron chi connectivity index (χ4n) is 3.58. The van der Waals surface area contributed by atoms with Crippen LogP contribution in [0, 0.1) is 11.3 Å². The van der Waals surface area contributed by atoms with Crippen LogP contribution in [0.5, 0.6) is 0 Å². The van der Waals surface area contributed by atoms with Crippen LogP contribution in [0.15, 0.2) is 66.9 Å². The Hall–Kier alpha value is -3.57. The van der Waals surface area contributed by atoms with E-state index in [2.05, 4.69) is 4.98 Å². The van der Waals surface area contributed by atoms with Crippen LogP contribution in [-0.2, 0) is 23.9 Å². The maximum Gasteiger partial charge on any atom is 0.417 e. The highest BCUT2D eigenvalue weighted by atomic mass is 35.5.